The molecule has 0 fully saturated rings. The quantitative estimate of drug-likeness (QED) is 0.736. The van der Waals surface area contributed by atoms with Crippen LogP contribution in [0.1, 0.15) is 27.2 Å². The fraction of sp³-hybridized carbons (Fsp3) is 0.125. The van der Waals surface area contributed by atoms with Crippen molar-refractivity contribution in [3.63, 3.8) is 0 Å². The van der Waals surface area contributed by atoms with E-state index in [0.29, 0.717) is 11.4 Å². The summed E-state index contributed by atoms with van der Waals surface area (Å²) in [5, 5.41) is 0.602. The highest BCUT2D eigenvalue weighted by molar-refractivity contribution is 6.31. The Balaban J connectivity index is 1.97. The van der Waals surface area contributed by atoms with E-state index in [9.17, 15) is 4.79 Å². The molecule has 0 atom stereocenters. The average molecular weight is 270 g/mol. The van der Waals surface area contributed by atoms with Crippen molar-refractivity contribution in [1.82, 2.24) is 4.98 Å². The van der Waals surface area contributed by atoms with Gasteiger partial charge in [0.2, 0.25) is 0 Å². The van der Waals surface area contributed by atoms with Crippen LogP contribution >= 0.6 is 11.6 Å². The molecule has 0 N–H and O–H groups in total. The van der Waals surface area contributed by atoms with Gasteiger partial charge in [0.15, 0.2) is 5.78 Å². The van der Waals surface area contributed by atoms with Crippen molar-refractivity contribution in [2.75, 3.05) is 0 Å². The van der Waals surface area contributed by atoms with Gasteiger partial charge in [0.25, 0.3) is 0 Å². The molecular formula is C16H12ClNO. The van der Waals surface area contributed by atoms with E-state index < -0.39 is 0 Å². The minimum absolute atomic E-state index is 0.0677. The Bertz CT molecular complexity index is 686. The van der Waals surface area contributed by atoms with Crippen LogP contribution in [0, 0.1) is 6.92 Å². The van der Waals surface area contributed by atoms with Crippen molar-refractivity contribution >= 4 is 23.5 Å². The Labute approximate surface area is 116 Å². The molecule has 94 valence electrons. The molecule has 0 saturated carbocycles. The molecule has 19 heavy (non-hydrogen) atoms. The van der Waals surface area contributed by atoms with E-state index in [2.05, 4.69) is 4.98 Å². The summed E-state index contributed by atoms with van der Waals surface area (Å²) in [6.45, 7) is 1.94. The Kier molecular flexibility index (Phi) is 2.96. The molecular weight excluding hydrogens is 258 g/mol. The fourth-order valence-electron chi connectivity index (χ4n) is 2.26. The second-order valence-electron chi connectivity index (χ2n) is 4.71. The molecule has 0 unspecified atom stereocenters. The summed E-state index contributed by atoms with van der Waals surface area (Å²) in [5.41, 5.74) is 4.48. The van der Waals surface area contributed by atoms with Crippen molar-refractivity contribution in [3.05, 3.63) is 69.5 Å². The lowest BCUT2D eigenvalue weighted by Crippen LogP contribution is -1.95. The van der Waals surface area contributed by atoms with E-state index in [1.165, 1.54) is 0 Å². The first kappa shape index (κ1) is 12.1. The molecule has 0 saturated heterocycles. The number of carbonyl (C=O) groups is 1. The van der Waals surface area contributed by atoms with Gasteiger partial charge in [0.05, 0.1) is 0 Å². The summed E-state index contributed by atoms with van der Waals surface area (Å²) in [6, 6.07) is 9.40. The zero-order chi connectivity index (χ0) is 13.4. The largest absolute Gasteiger partial charge is 0.289 e. The molecule has 2 aromatic rings. The Morgan fingerprint density at radius 3 is 2.84 bits per heavy atom. The van der Waals surface area contributed by atoms with E-state index in [-0.39, 0.29) is 5.78 Å². The van der Waals surface area contributed by atoms with Crippen LogP contribution in [0.3, 0.4) is 0 Å². The third-order valence-electron chi connectivity index (χ3n) is 3.26. The van der Waals surface area contributed by atoms with Crippen LogP contribution in [0.2, 0.25) is 5.02 Å². The topological polar surface area (TPSA) is 30.0 Å². The second kappa shape index (κ2) is 4.63. The van der Waals surface area contributed by atoms with Crippen LogP contribution in [-0.2, 0) is 6.42 Å². The summed E-state index contributed by atoms with van der Waals surface area (Å²) in [4.78, 5) is 16.5. The Morgan fingerprint density at radius 2 is 2.11 bits per heavy atom. The van der Waals surface area contributed by atoms with Gasteiger partial charge in [0, 0.05) is 34.5 Å². The van der Waals surface area contributed by atoms with E-state index in [0.717, 1.165) is 28.0 Å². The fourth-order valence-corrected chi connectivity index (χ4v) is 2.43. The number of aromatic nitrogens is 1. The van der Waals surface area contributed by atoms with Gasteiger partial charge >= 0.3 is 0 Å². The van der Waals surface area contributed by atoms with Gasteiger partial charge in [-0.3, -0.25) is 9.78 Å². The number of rotatable bonds is 1. The van der Waals surface area contributed by atoms with Gasteiger partial charge in [-0.2, -0.15) is 0 Å². The highest BCUT2D eigenvalue weighted by Crippen LogP contribution is 2.29. The summed E-state index contributed by atoms with van der Waals surface area (Å²) in [7, 11) is 0. The summed E-state index contributed by atoms with van der Waals surface area (Å²) in [5.74, 6) is 0.0677. The van der Waals surface area contributed by atoms with Crippen LogP contribution < -0.4 is 0 Å². The number of ketones is 1. The van der Waals surface area contributed by atoms with E-state index in [4.69, 9.17) is 11.6 Å². The van der Waals surface area contributed by atoms with Gasteiger partial charge < -0.3 is 0 Å². The van der Waals surface area contributed by atoms with Crippen LogP contribution in [-0.4, -0.2) is 10.8 Å². The number of carbonyl (C=O) groups excluding carboxylic acids is 1. The third-order valence-corrected chi connectivity index (χ3v) is 3.50. The lowest BCUT2D eigenvalue weighted by atomic mass is 10.1. The molecule has 0 bridgehead atoms. The SMILES string of the molecule is Cc1ccc(C=C2Cc3ccc(Cl)cc3C2=O)cn1. The van der Waals surface area contributed by atoms with Gasteiger partial charge in [-0.1, -0.05) is 23.7 Å². The normalized spacial score (nSPS) is 15.9. The maximum Gasteiger partial charge on any atom is 0.189 e. The zero-order valence-corrected chi connectivity index (χ0v) is 11.2. The Hall–Kier alpha value is -1.93. The lowest BCUT2D eigenvalue weighted by molar-refractivity contribution is 0.104. The number of hydrogen-bond donors (Lipinski definition) is 0. The number of pyridine rings is 1. The minimum Gasteiger partial charge on any atom is -0.289 e. The van der Waals surface area contributed by atoms with Crippen LogP contribution in [0.4, 0.5) is 0 Å². The monoisotopic (exact) mass is 269 g/mol. The van der Waals surface area contributed by atoms with Crippen LogP contribution in [0.5, 0.6) is 0 Å². The van der Waals surface area contributed by atoms with Crippen molar-refractivity contribution in [2.45, 2.75) is 13.3 Å². The van der Waals surface area contributed by atoms with Crippen molar-refractivity contribution < 1.29 is 4.79 Å². The molecule has 0 spiro atoms. The number of aryl methyl sites for hydroxylation is 1. The number of benzene rings is 1. The number of fused-ring (bicyclic) bond motifs is 1. The first-order valence-electron chi connectivity index (χ1n) is 6.10. The third kappa shape index (κ3) is 2.32. The molecule has 0 amide bonds. The first-order chi connectivity index (χ1) is 9.13. The second-order valence-corrected chi connectivity index (χ2v) is 5.15. The molecule has 1 heterocycles. The van der Waals surface area contributed by atoms with Gasteiger partial charge in [-0.15, -0.1) is 0 Å². The summed E-state index contributed by atoms with van der Waals surface area (Å²) in [6.07, 6.45) is 4.35. The van der Waals surface area contributed by atoms with Crippen LogP contribution in [0.15, 0.2) is 42.1 Å². The van der Waals surface area contributed by atoms with Gasteiger partial charge in [-0.25, -0.2) is 0 Å². The lowest BCUT2D eigenvalue weighted by Gasteiger charge is -1.97. The van der Waals surface area contributed by atoms with Gasteiger partial charge in [0.1, 0.15) is 0 Å². The standard InChI is InChI=1S/C16H12ClNO/c1-10-2-3-11(9-18-10)6-13-7-12-4-5-14(17)8-15(12)16(13)19/h2-6,8-9H,7H2,1H3. The summed E-state index contributed by atoms with van der Waals surface area (Å²) < 4.78 is 0. The van der Waals surface area contributed by atoms with E-state index in [1.807, 2.05) is 37.3 Å². The molecule has 2 nitrogen and oxygen atoms in total. The molecule has 1 aromatic carbocycles. The van der Waals surface area contributed by atoms with Crippen molar-refractivity contribution in [1.29, 1.82) is 0 Å². The molecule has 1 aliphatic carbocycles. The number of halogens is 1. The Morgan fingerprint density at radius 1 is 1.26 bits per heavy atom. The number of nitrogens with zero attached hydrogens (tertiary/aromatic N) is 1. The number of hydrogen-bond acceptors (Lipinski definition) is 2. The molecule has 1 aliphatic rings. The molecule has 3 heteroatoms. The first-order valence-corrected chi connectivity index (χ1v) is 6.47. The van der Waals surface area contributed by atoms with Crippen LogP contribution in [0.25, 0.3) is 6.08 Å². The highest BCUT2D eigenvalue weighted by Gasteiger charge is 2.24. The minimum atomic E-state index is 0.0677. The summed E-state index contributed by atoms with van der Waals surface area (Å²) >= 11 is 5.93. The molecule has 1 aromatic heterocycles. The predicted molar refractivity (Wildman–Crippen MR) is 76.4 cm³/mol. The van der Waals surface area contributed by atoms with Crippen molar-refractivity contribution in [3.8, 4) is 0 Å². The maximum absolute atomic E-state index is 12.3. The number of Topliss-reactive ketones (excluding diaryl/α,β-unsaturated/α-hetero) is 1. The van der Waals surface area contributed by atoms with Crippen molar-refractivity contribution in [2.24, 2.45) is 0 Å². The molecule has 3 rings (SSSR count). The average Bonchev–Trinajstić information content (AvgIpc) is 2.70. The predicted octanol–water partition coefficient (Wildman–Crippen LogP) is 3.87. The van der Waals surface area contributed by atoms with E-state index >= 15 is 0 Å². The number of allylic oxidation sites excluding steroid dienone is 1. The molecule has 0 aliphatic heterocycles. The molecule has 0 radical (unpaired) electrons. The smallest absolute Gasteiger partial charge is 0.189 e. The maximum atomic E-state index is 12.3. The zero-order valence-electron chi connectivity index (χ0n) is 10.5. The highest BCUT2D eigenvalue weighted by atomic mass is 35.5. The van der Waals surface area contributed by atoms with E-state index in [1.54, 1.807) is 12.3 Å². The van der Waals surface area contributed by atoms with Gasteiger partial charge in [-0.05, 0) is 42.3 Å².